The highest BCUT2D eigenvalue weighted by molar-refractivity contribution is 6.04. The van der Waals surface area contributed by atoms with Crippen LogP contribution in [0.15, 0.2) is 78.9 Å². The lowest BCUT2D eigenvalue weighted by Gasteiger charge is -2.11. The highest BCUT2D eigenvalue weighted by atomic mass is 16.5. The van der Waals surface area contributed by atoms with Crippen molar-refractivity contribution in [1.82, 2.24) is 0 Å². The Morgan fingerprint density at radius 3 is 2.26 bits per heavy atom. The molecule has 3 N–H and O–H groups in total. The van der Waals surface area contributed by atoms with E-state index in [9.17, 15) is 4.79 Å². The van der Waals surface area contributed by atoms with Crippen molar-refractivity contribution >= 4 is 11.6 Å². The summed E-state index contributed by atoms with van der Waals surface area (Å²) >= 11 is 0. The summed E-state index contributed by atoms with van der Waals surface area (Å²) in [7, 11) is 1.62. The molecule has 0 bridgehead atoms. The quantitative estimate of drug-likeness (QED) is 0.673. The van der Waals surface area contributed by atoms with Crippen LogP contribution >= 0.6 is 0 Å². The number of amides is 1. The van der Waals surface area contributed by atoms with Gasteiger partial charge in [0.1, 0.15) is 18.3 Å². The molecule has 3 rings (SSSR count). The maximum Gasteiger partial charge on any atom is 0.255 e. The Hall–Kier alpha value is -3.11. The Bertz CT molecular complexity index is 859. The lowest BCUT2D eigenvalue weighted by Crippen LogP contribution is -2.83. The van der Waals surface area contributed by atoms with Gasteiger partial charge in [-0.15, -0.1) is 0 Å². The van der Waals surface area contributed by atoms with Crippen molar-refractivity contribution in [3.05, 3.63) is 95.6 Å². The second-order valence-corrected chi connectivity index (χ2v) is 6.52. The molecule has 0 heterocycles. The van der Waals surface area contributed by atoms with E-state index in [1.54, 1.807) is 7.11 Å². The fourth-order valence-corrected chi connectivity index (χ4v) is 2.88. The number of nitrogens with one attached hydrogen (secondary N) is 1. The molecule has 0 radical (unpaired) electrons. The van der Waals surface area contributed by atoms with Crippen LogP contribution in [0.3, 0.4) is 0 Å². The molecule has 1 amide bonds. The lowest BCUT2D eigenvalue weighted by atomic mass is 10.1. The first kappa shape index (κ1) is 18.7. The second-order valence-electron chi connectivity index (χ2n) is 6.52. The number of carbonyl (C=O) groups is 1. The molecule has 3 aromatic rings. The number of nitrogens with two attached hydrogens (primary N) is 1. The molecule has 27 heavy (non-hydrogen) atoms. The lowest BCUT2D eigenvalue weighted by molar-refractivity contribution is -0.707. The van der Waals surface area contributed by atoms with Gasteiger partial charge >= 0.3 is 0 Å². The highest BCUT2D eigenvalue weighted by Crippen LogP contribution is 2.16. The zero-order valence-corrected chi connectivity index (χ0v) is 15.7. The highest BCUT2D eigenvalue weighted by Gasteiger charge is 2.09. The largest absolute Gasteiger partial charge is 0.497 e. The van der Waals surface area contributed by atoms with Gasteiger partial charge in [-0.25, -0.2) is 0 Å². The summed E-state index contributed by atoms with van der Waals surface area (Å²) in [5.41, 5.74) is 3.90. The SMILES string of the molecule is COc1ccc(NC(=O)c2ccc(C[NH2+][C@H](C)c3ccccc3)cc2)cc1. The van der Waals surface area contributed by atoms with Crippen LogP contribution in [0, 0.1) is 0 Å². The zero-order chi connectivity index (χ0) is 19.1. The first-order chi connectivity index (χ1) is 13.2. The van der Waals surface area contributed by atoms with Gasteiger partial charge in [-0.05, 0) is 43.3 Å². The number of quaternary nitrogens is 1. The maximum atomic E-state index is 12.4. The van der Waals surface area contributed by atoms with Crippen LogP contribution in [0.4, 0.5) is 5.69 Å². The van der Waals surface area contributed by atoms with Crippen LogP contribution in [0.2, 0.25) is 0 Å². The standard InChI is InChI=1S/C23H24N2O2/c1-17(19-6-4-3-5-7-19)24-16-18-8-10-20(11-9-18)23(26)25-21-12-14-22(27-2)15-13-21/h3-15,17,24H,16H2,1-2H3,(H,25,26)/p+1/t17-/m1/s1. The summed E-state index contributed by atoms with van der Waals surface area (Å²) < 4.78 is 5.12. The molecule has 0 aromatic heterocycles. The first-order valence-electron chi connectivity index (χ1n) is 9.08. The van der Waals surface area contributed by atoms with Crippen LogP contribution in [-0.4, -0.2) is 13.0 Å². The number of anilines is 1. The van der Waals surface area contributed by atoms with Gasteiger partial charge in [0, 0.05) is 22.4 Å². The molecule has 4 nitrogen and oxygen atoms in total. The minimum Gasteiger partial charge on any atom is -0.497 e. The molecule has 0 saturated carbocycles. The maximum absolute atomic E-state index is 12.4. The Morgan fingerprint density at radius 1 is 0.963 bits per heavy atom. The van der Waals surface area contributed by atoms with Gasteiger partial charge in [0.05, 0.1) is 7.11 Å². The van der Waals surface area contributed by atoms with E-state index in [1.165, 1.54) is 11.1 Å². The van der Waals surface area contributed by atoms with Crippen LogP contribution in [-0.2, 0) is 6.54 Å². The monoisotopic (exact) mass is 361 g/mol. The predicted octanol–water partition coefficient (Wildman–Crippen LogP) is 3.77. The van der Waals surface area contributed by atoms with Crippen molar-refractivity contribution in [3.63, 3.8) is 0 Å². The van der Waals surface area contributed by atoms with E-state index in [4.69, 9.17) is 4.74 Å². The molecule has 138 valence electrons. The van der Waals surface area contributed by atoms with Gasteiger partial charge in [0.15, 0.2) is 0 Å². The van der Waals surface area contributed by atoms with Crippen molar-refractivity contribution in [2.75, 3.05) is 12.4 Å². The minimum atomic E-state index is -0.117. The van der Waals surface area contributed by atoms with Gasteiger partial charge < -0.3 is 15.4 Å². The van der Waals surface area contributed by atoms with Crippen molar-refractivity contribution in [2.24, 2.45) is 0 Å². The van der Waals surface area contributed by atoms with Crippen LogP contribution in [0.5, 0.6) is 5.75 Å². The van der Waals surface area contributed by atoms with Crippen LogP contribution in [0.25, 0.3) is 0 Å². The van der Waals surface area contributed by atoms with E-state index in [0.717, 1.165) is 18.0 Å². The van der Waals surface area contributed by atoms with Crippen molar-refractivity contribution < 1.29 is 14.8 Å². The second kappa shape index (κ2) is 9.01. The molecule has 1 atom stereocenters. The number of rotatable bonds is 7. The molecular weight excluding hydrogens is 336 g/mol. The number of benzene rings is 3. The molecule has 0 spiro atoms. The van der Waals surface area contributed by atoms with Gasteiger partial charge in [-0.2, -0.15) is 0 Å². The molecule has 3 aromatic carbocycles. The molecule has 0 unspecified atom stereocenters. The van der Waals surface area contributed by atoms with Crippen molar-refractivity contribution in [2.45, 2.75) is 19.5 Å². The van der Waals surface area contributed by atoms with Crippen molar-refractivity contribution in [1.29, 1.82) is 0 Å². The summed E-state index contributed by atoms with van der Waals surface area (Å²) in [4.78, 5) is 12.4. The average molecular weight is 361 g/mol. The summed E-state index contributed by atoms with van der Waals surface area (Å²) in [5, 5.41) is 5.19. The third-order valence-corrected chi connectivity index (χ3v) is 4.60. The first-order valence-corrected chi connectivity index (χ1v) is 9.08. The zero-order valence-electron chi connectivity index (χ0n) is 15.7. The Labute approximate surface area is 160 Å². The van der Waals surface area contributed by atoms with E-state index in [2.05, 4.69) is 41.8 Å². The Balaban J connectivity index is 1.55. The summed E-state index contributed by atoms with van der Waals surface area (Å²) in [6.07, 6.45) is 0. The minimum absolute atomic E-state index is 0.117. The Morgan fingerprint density at radius 2 is 1.63 bits per heavy atom. The fourth-order valence-electron chi connectivity index (χ4n) is 2.88. The molecule has 0 saturated heterocycles. The van der Waals surface area contributed by atoms with E-state index in [-0.39, 0.29) is 5.91 Å². The normalized spacial score (nSPS) is 11.6. The van der Waals surface area contributed by atoms with Crippen molar-refractivity contribution in [3.8, 4) is 5.75 Å². The molecule has 0 aliphatic heterocycles. The van der Waals surface area contributed by atoms with Crippen LogP contribution < -0.4 is 15.4 Å². The third-order valence-electron chi connectivity index (χ3n) is 4.60. The van der Waals surface area contributed by atoms with Gasteiger partial charge in [-0.3, -0.25) is 4.79 Å². The molecule has 0 aliphatic rings. The number of hydrogen-bond donors (Lipinski definition) is 2. The van der Waals surface area contributed by atoms with Crippen LogP contribution in [0.1, 0.15) is 34.5 Å². The third kappa shape index (κ3) is 5.19. The molecule has 0 fully saturated rings. The number of carbonyl (C=O) groups excluding carboxylic acids is 1. The number of ether oxygens (including phenoxy) is 1. The van der Waals surface area contributed by atoms with E-state index in [1.807, 2.05) is 54.6 Å². The summed E-state index contributed by atoms with van der Waals surface area (Å²) in [6.45, 7) is 3.07. The number of methoxy groups -OCH3 is 1. The topological polar surface area (TPSA) is 54.9 Å². The van der Waals surface area contributed by atoms with Gasteiger partial charge in [0.2, 0.25) is 0 Å². The fraction of sp³-hybridized carbons (Fsp3) is 0.174. The molecule has 0 aliphatic carbocycles. The molecular formula is C23H25N2O2+. The molecule has 4 heteroatoms. The summed E-state index contributed by atoms with van der Waals surface area (Å²) in [6, 6.07) is 25.9. The average Bonchev–Trinajstić information content (AvgIpc) is 2.73. The smallest absolute Gasteiger partial charge is 0.255 e. The van der Waals surface area contributed by atoms with E-state index >= 15 is 0 Å². The number of hydrogen-bond acceptors (Lipinski definition) is 2. The Kier molecular flexibility index (Phi) is 6.23. The van der Waals surface area contributed by atoms with E-state index in [0.29, 0.717) is 11.6 Å². The van der Waals surface area contributed by atoms with Gasteiger partial charge in [-0.1, -0.05) is 42.5 Å². The van der Waals surface area contributed by atoms with Gasteiger partial charge in [0.25, 0.3) is 5.91 Å². The predicted molar refractivity (Wildman–Crippen MR) is 108 cm³/mol. The van der Waals surface area contributed by atoms with E-state index < -0.39 is 0 Å². The summed E-state index contributed by atoms with van der Waals surface area (Å²) in [5.74, 6) is 0.645.